The third-order valence-corrected chi connectivity index (χ3v) is 4.69. The third-order valence-electron chi connectivity index (χ3n) is 3.41. The van der Waals surface area contributed by atoms with Crippen LogP contribution in [0.2, 0.25) is 0 Å². The number of halogens is 1. The molecule has 0 spiro atoms. The summed E-state index contributed by atoms with van der Waals surface area (Å²) in [5.41, 5.74) is 9.26. The van der Waals surface area contributed by atoms with Crippen molar-refractivity contribution in [3.05, 3.63) is 65.3 Å². The zero-order valence-corrected chi connectivity index (χ0v) is 12.8. The van der Waals surface area contributed by atoms with Gasteiger partial charge in [-0.05, 0) is 48.4 Å². The molecule has 0 bridgehead atoms. The normalized spacial score (nSPS) is 10.6. The second kappa shape index (κ2) is 5.73. The predicted molar refractivity (Wildman–Crippen MR) is 89.6 cm³/mol. The van der Waals surface area contributed by atoms with Gasteiger partial charge in [-0.15, -0.1) is 11.3 Å². The maximum atomic E-state index is 13.1. The van der Waals surface area contributed by atoms with Crippen LogP contribution in [0.4, 0.5) is 10.1 Å². The van der Waals surface area contributed by atoms with Crippen LogP contribution in [-0.2, 0) is 0 Å². The Balaban J connectivity index is 2.17. The minimum absolute atomic E-state index is 0.0232. The zero-order chi connectivity index (χ0) is 15.7. The molecule has 0 fully saturated rings. The van der Waals surface area contributed by atoms with Gasteiger partial charge in [0, 0.05) is 16.1 Å². The summed E-state index contributed by atoms with van der Waals surface area (Å²) in [6.45, 7) is 1.55. The van der Waals surface area contributed by atoms with E-state index in [1.54, 1.807) is 19.1 Å². The molecule has 1 heterocycles. The second-order valence-corrected chi connectivity index (χ2v) is 6.09. The first-order valence-corrected chi connectivity index (χ1v) is 7.63. The smallest absolute Gasteiger partial charge is 0.169 e. The molecular weight excluding hydrogens is 297 g/mol. The van der Waals surface area contributed by atoms with Crippen molar-refractivity contribution in [2.75, 3.05) is 5.73 Å². The molecule has 0 amide bonds. The van der Waals surface area contributed by atoms with E-state index in [2.05, 4.69) is 0 Å². The molecule has 0 unspecified atom stereocenters. The molecule has 4 heteroatoms. The average Bonchev–Trinajstić information content (AvgIpc) is 2.94. The van der Waals surface area contributed by atoms with Gasteiger partial charge in [-0.25, -0.2) is 4.39 Å². The van der Waals surface area contributed by atoms with Gasteiger partial charge in [-0.1, -0.05) is 24.3 Å². The fourth-order valence-electron chi connectivity index (χ4n) is 2.26. The van der Waals surface area contributed by atoms with Gasteiger partial charge in [0.05, 0.1) is 4.88 Å². The molecule has 0 aliphatic rings. The summed E-state index contributed by atoms with van der Waals surface area (Å²) in [4.78, 5) is 13.4. The summed E-state index contributed by atoms with van der Waals surface area (Å²) in [6, 6.07) is 15.7. The van der Waals surface area contributed by atoms with Crippen molar-refractivity contribution in [1.29, 1.82) is 0 Å². The van der Waals surface area contributed by atoms with Gasteiger partial charge in [0.25, 0.3) is 0 Å². The molecule has 0 atom stereocenters. The Bertz CT molecular complexity index is 756. The first-order valence-electron chi connectivity index (χ1n) is 6.81. The number of carbonyl (C=O) groups excluding carboxylic acids is 1. The SMILES string of the molecule is CC(=O)c1cc(-c2ccc(N)cc2)c(-c2ccc(F)cc2)s1. The highest BCUT2D eigenvalue weighted by Crippen LogP contribution is 2.39. The number of benzene rings is 2. The summed E-state index contributed by atoms with van der Waals surface area (Å²) < 4.78 is 13.1. The molecular formula is C18H14FNOS. The van der Waals surface area contributed by atoms with E-state index in [4.69, 9.17) is 5.73 Å². The first kappa shape index (κ1) is 14.5. The van der Waals surface area contributed by atoms with Crippen LogP contribution < -0.4 is 5.73 Å². The van der Waals surface area contributed by atoms with Crippen molar-refractivity contribution in [3.63, 3.8) is 0 Å². The third kappa shape index (κ3) is 2.78. The van der Waals surface area contributed by atoms with Gasteiger partial charge in [0.2, 0.25) is 0 Å². The molecule has 3 aromatic rings. The number of nitrogens with two attached hydrogens (primary N) is 1. The number of ketones is 1. The van der Waals surface area contributed by atoms with Gasteiger partial charge < -0.3 is 5.73 Å². The summed E-state index contributed by atoms with van der Waals surface area (Å²) in [5, 5.41) is 0. The zero-order valence-electron chi connectivity index (χ0n) is 12.0. The van der Waals surface area contributed by atoms with Crippen LogP contribution in [-0.4, -0.2) is 5.78 Å². The van der Waals surface area contributed by atoms with Crippen molar-refractivity contribution in [2.45, 2.75) is 6.92 Å². The molecule has 0 aliphatic heterocycles. The predicted octanol–water partition coefficient (Wildman–Crippen LogP) is 5.01. The van der Waals surface area contributed by atoms with Crippen molar-refractivity contribution in [1.82, 2.24) is 0 Å². The number of thiophene rings is 1. The van der Waals surface area contributed by atoms with Gasteiger partial charge in [-0.3, -0.25) is 4.79 Å². The monoisotopic (exact) mass is 311 g/mol. The highest BCUT2D eigenvalue weighted by atomic mass is 32.1. The second-order valence-electron chi connectivity index (χ2n) is 5.04. The summed E-state index contributed by atoms with van der Waals surface area (Å²) in [7, 11) is 0. The highest BCUT2D eigenvalue weighted by molar-refractivity contribution is 7.18. The van der Waals surface area contributed by atoms with E-state index in [1.807, 2.05) is 30.3 Å². The summed E-state index contributed by atoms with van der Waals surface area (Å²) in [6.07, 6.45) is 0. The van der Waals surface area contributed by atoms with E-state index >= 15 is 0 Å². The van der Waals surface area contributed by atoms with Crippen molar-refractivity contribution < 1.29 is 9.18 Å². The fourth-order valence-corrected chi connectivity index (χ4v) is 3.34. The molecule has 2 N–H and O–H groups in total. The molecule has 0 saturated heterocycles. The molecule has 110 valence electrons. The van der Waals surface area contributed by atoms with E-state index in [9.17, 15) is 9.18 Å². The molecule has 2 aromatic carbocycles. The Hall–Kier alpha value is -2.46. The number of rotatable bonds is 3. The maximum absolute atomic E-state index is 13.1. The Kier molecular flexibility index (Phi) is 3.77. The van der Waals surface area contributed by atoms with Gasteiger partial charge in [-0.2, -0.15) is 0 Å². The Labute approximate surface area is 132 Å². The lowest BCUT2D eigenvalue weighted by atomic mass is 10.0. The van der Waals surface area contributed by atoms with Gasteiger partial charge >= 0.3 is 0 Å². The summed E-state index contributed by atoms with van der Waals surface area (Å²) in [5.74, 6) is -0.254. The van der Waals surface area contributed by atoms with Crippen LogP contribution in [0, 0.1) is 5.82 Å². The van der Waals surface area contributed by atoms with Crippen LogP contribution in [0.15, 0.2) is 54.6 Å². The highest BCUT2D eigenvalue weighted by Gasteiger charge is 2.15. The van der Waals surface area contributed by atoms with E-state index in [0.717, 1.165) is 21.6 Å². The van der Waals surface area contributed by atoms with Gasteiger partial charge in [0.15, 0.2) is 5.78 Å². The standard InChI is InChI=1S/C18H14FNOS/c1-11(21)17-10-16(12-4-8-15(20)9-5-12)18(22-17)13-2-6-14(19)7-3-13/h2-10H,20H2,1H3. The van der Waals surface area contributed by atoms with E-state index in [0.29, 0.717) is 10.6 Å². The molecule has 0 aliphatic carbocycles. The Morgan fingerprint density at radius 1 is 1.00 bits per heavy atom. The Morgan fingerprint density at radius 3 is 2.18 bits per heavy atom. The maximum Gasteiger partial charge on any atom is 0.169 e. The van der Waals surface area contributed by atoms with Crippen LogP contribution >= 0.6 is 11.3 Å². The largest absolute Gasteiger partial charge is 0.399 e. The lowest BCUT2D eigenvalue weighted by Crippen LogP contribution is -1.85. The Morgan fingerprint density at radius 2 is 1.59 bits per heavy atom. The molecule has 22 heavy (non-hydrogen) atoms. The lowest BCUT2D eigenvalue weighted by Gasteiger charge is -2.05. The van der Waals surface area contributed by atoms with E-state index in [1.165, 1.54) is 23.5 Å². The number of nitrogen functional groups attached to an aromatic ring is 1. The topological polar surface area (TPSA) is 43.1 Å². The number of anilines is 1. The molecule has 3 rings (SSSR count). The minimum Gasteiger partial charge on any atom is -0.399 e. The first-order chi connectivity index (χ1) is 10.5. The van der Waals surface area contributed by atoms with Crippen molar-refractivity contribution in [2.24, 2.45) is 0 Å². The quantitative estimate of drug-likeness (QED) is 0.546. The van der Waals surface area contributed by atoms with Crippen LogP contribution in [0.1, 0.15) is 16.6 Å². The number of Topliss-reactive ketones (excluding diaryl/α,β-unsaturated/α-hetero) is 1. The van der Waals surface area contributed by atoms with E-state index < -0.39 is 0 Å². The molecule has 0 radical (unpaired) electrons. The average molecular weight is 311 g/mol. The molecule has 2 nitrogen and oxygen atoms in total. The molecule has 1 aromatic heterocycles. The molecule has 0 saturated carbocycles. The fraction of sp³-hybridized carbons (Fsp3) is 0.0556. The number of hydrogen-bond donors (Lipinski definition) is 1. The van der Waals surface area contributed by atoms with Crippen molar-refractivity contribution >= 4 is 22.8 Å². The van der Waals surface area contributed by atoms with Crippen LogP contribution in [0.25, 0.3) is 21.6 Å². The summed E-state index contributed by atoms with van der Waals surface area (Å²) >= 11 is 1.42. The minimum atomic E-state index is -0.277. The lowest BCUT2D eigenvalue weighted by molar-refractivity contribution is 0.102. The van der Waals surface area contributed by atoms with Crippen LogP contribution in [0.3, 0.4) is 0 Å². The van der Waals surface area contributed by atoms with Crippen LogP contribution in [0.5, 0.6) is 0 Å². The van der Waals surface area contributed by atoms with Gasteiger partial charge in [0.1, 0.15) is 5.82 Å². The number of carbonyl (C=O) groups is 1. The van der Waals surface area contributed by atoms with E-state index in [-0.39, 0.29) is 11.6 Å². The number of hydrogen-bond acceptors (Lipinski definition) is 3. The van der Waals surface area contributed by atoms with Crippen molar-refractivity contribution in [3.8, 4) is 21.6 Å².